The number of hydrogen-bond donors (Lipinski definition) is 1. The van der Waals surface area contributed by atoms with E-state index in [-0.39, 0.29) is 52.6 Å². The zero-order chi connectivity index (χ0) is 23.8. The molecule has 0 radical (unpaired) electrons. The van der Waals surface area contributed by atoms with Crippen LogP contribution in [0.3, 0.4) is 0 Å². The number of ketones is 1. The Morgan fingerprint density at radius 3 is 2.65 bits per heavy atom. The van der Waals surface area contributed by atoms with Gasteiger partial charge in [0.15, 0.2) is 0 Å². The quantitative estimate of drug-likeness (QED) is 0.675. The van der Waals surface area contributed by atoms with E-state index in [4.69, 9.17) is 9.47 Å². The van der Waals surface area contributed by atoms with Crippen molar-refractivity contribution in [3.63, 3.8) is 0 Å². The number of piperidine rings is 1. The molecule has 0 aromatic heterocycles. The number of hydrogen-bond acceptors (Lipinski definition) is 6. The smallest absolute Gasteiger partial charge is 0.414 e. The molecule has 1 N–H and O–H groups in total. The number of carbonyl (C=O) groups excluding carboxylic acids is 3. The largest absolute Gasteiger partial charge is 0.445 e. The van der Waals surface area contributed by atoms with E-state index >= 15 is 0 Å². The van der Waals surface area contributed by atoms with E-state index in [0.29, 0.717) is 24.0 Å². The number of carbonyl (C=O) groups is 3. The van der Waals surface area contributed by atoms with Gasteiger partial charge in [-0.1, -0.05) is 13.8 Å². The third kappa shape index (κ3) is 3.11. The summed E-state index contributed by atoms with van der Waals surface area (Å²) in [6.07, 6.45) is 6.72. The van der Waals surface area contributed by atoms with Gasteiger partial charge in [0.05, 0.1) is 12.0 Å². The van der Waals surface area contributed by atoms with Crippen LogP contribution < -0.4 is 5.32 Å². The Hall–Kier alpha value is -1.47. The minimum Gasteiger partial charge on any atom is -0.445 e. The second-order valence-electron chi connectivity index (χ2n) is 12.3. The van der Waals surface area contributed by atoms with E-state index in [2.05, 4.69) is 24.1 Å². The van der Waals surface area contributed by atoms with Gasteiger partial charge in [0.25, 0.3) is 0 Å². The van der Waals surface area contributed by atoms with Crippen LogP contribution in [-0.2, 0) is 19.1 Å². The average molecular weight is 473 g/mol. The van der Waals surface area contributed by atoms with Crippen LogP contribution in [0.5, 0.6) is 0 Å². The Morgan fingerprint density at radius 2 is 1.97 bits per heavy atom. The fourth-order valence-corrected chi connectivity index (χ4v) is 9.57. The maximum Gasteiger partial charge on any atom is 0.414 e. The molecule has 4 bridgehead atoms. The lowest BCUT2D eigenvalue weighted by Gasteiger charge is -2.53. The Balaban J connectivity index is 1.27. The van der Waals surface area contributed by atoms with Crippen molar-refractivity contribution in [3.05, 3.63) is 0 Å². The molecular weight excluding hydrogens is 432 g/mol. The van der Waals surface area contributed by atoms with Gasteiger partial charge in [-0.15, -0.1) is 0 Å². The van der Waals surface area contributed by atoms with Crippen molar-refractivity contribution in [2.24, 2.45) is 46.3 Å². The van der Waals surface area contributed by atoms with Crippen LogP contribution >= 0.6 is 0 Å². The highest BCUT2D eigenvalue weighted by molar-refractivity contribution is 5.93. The van der Waals surface area contributed by atoms with E-state index in [1.807, 2.05) is 0 Å². The number of fused-ring (bicyclic) bond motifs is 2. The van der Waals surface area contributed by atoms with Crippen LogP contribution in [0.1, 0.15) is 65.2 Å². The molecule has 4 aliphatic carbocycles. The van der Waals surface area contributed by atoms with E-state index in [1.165, 1.54) is 0 Å². The molecule has 2 saturated heterocycles. The van der Waals surface area contributed by atoms with Gasteiger partial charge in [0.1, 0.15) is 11.9 Å². The van der Waals surface area contributed by atoms with Crippen molar-refractivity contribution in [2.45, 2.75) is 77.4 Å². The standard InChI is InChI=1S/C27H40N2O5/c1-4-16-11-21(34-25(32)28-24(31)19-14-29-10-7-17(19)13-29)27-12-18(27)5-8-26(15(2)22(16)30)9-6-20(33-3)23(26)27/h15-21,23H,4-14H2,1-3H3,(H,28,31,32)/t15-,16?,17+,18-,19-,20+,21+,23?,26?,27-/m0/s1. The number of amides is 2. The Morgan fingerprint density at radius 1 is 1.18 bits per heavy atom. The predicted molar refractivity (Wildman–Crippen MR) is 125 cm³/mol. The second-order valence-corrected chi connectivity index (χ2v) is 12.3. The first-order chi connectivity index (χ1) is 16.3. The number of Topliss-reactive ketones (excluding diaryl/α,β-unsaturated/α-hetero) is 1. The summed E-state index contributed by atoms with van der Waals surface area (Å²) in [5, 5.41) is 2.59. The van der Waals surface area contributed by atoms with Crippen LogP contribution in [0.2, 0.25) is 0 Å². The number of imide groups is 1. The van der Waals surface area contributed by atoms with Gasteiger partial charge in [-0.05, 0) is 75.2 Å². The number of nitrogens with zero attached hydrogens (tertiary/aromatic N) is 1. The minimum atomic E-state index is -0.619. The Kier molecular flexibility index (Phi) is 5.42. The van der Waals surface area contributed by atoms with Crippen molar-refractivity contribution >= 4 is 17.8 Å². The summed E-state index contributed by atoms with van der Waals surface area (Å²) in [6, 6.07) is 0. The molecule has 7 nitrogen and oxygen atoms in total. The van der Waals surface area contributed by atoms with Crippen LogP contribution in [0.4, 0.5) is 4.79 Å². The van der Waals surface area contributed by atoms with E-state index in [9.17, 15) is 14.4 Å². The second kappa shape index (κ2) is 8.02. The van der Waals surface area contributed by atoms with Gasteiger partial charge in [-0.2, -0.15) is 0 Å². The maximum absolute atomic E-state index is 13.7. The highest BCUT2D eigenvalue weighted by Gasteiger charge is 2.76. The van der Waals surface area contributed by atoms with Crippen molar-refractivity contribution < 1.29 is 23.9 Å². The molecule has 34 heavy (non-hydrogen) atoms. The molecule has 0 aromatic carbocycles. The fourth-order valence-electron chi connectivity index (χ4n) is 9.57. The van der Waals surface area contributed by atoms with Crippen molar-refractivity contribution in [3.8, 4) is 0 Å². The molecule has 4 saturated carbocycles. The van der Waals surface area contributed by atoms with Crippen molar-refractivity contribution in [2.75, 3.05) is 26.7 Å². The number of alkyl carbamates (subject to hydrolysis) is 1. The normalized spacial score (nSPS) is 50.7. The molecule has 4 unspecified atom stereocenters. The minimum absolute atomic E-state index is 0.0187. The summed E-state index contributed by atoms with van der Waals surface area (Å²) in [7, 11) is 1.79. The van der Waals surface area contributed by atoms with Gasteiger partial charge in [-0.25, -0.2) is 4.79 Å². The Bertz CT molecular complexity index is 892. The SMILES string of the molecule is CCC1C[C@@H](OC(=O)NC(=O)[C@H]2CN3CC[C@@H]2C3)[C@]23C[C@@H]2CCC2(CC[C@@H](OC)C23)[C@@H](C)C1=O. The number of nitrogens with one attached hydrogen (secondary N) is 1. The van der Waals surface area contributed by atoms with Crippen molar-refractivity contribution in [1.82, 2.24) is 10.2 Å². The van der Waals surface area contributed by atoms with E-state index in [1.54, 1.807) is 7.11 Å². The van der Waals surface area contributed by atoms with Gasteiger partial charge in [0, 0.05) is 43.4 Å². The summed E-state index contributed by atoms with van der Waals surface area (Å²) in [5.74, 6) is 1.05. The molecule has 11 atom stereocenters. The molecule has 6 aliphatic rings. The van der Waals surface area contributed by atoms with Crippen LogP contribution in [0.15, 0.2) is 0 Å². The van der Waals surface area contributed by atoms with Crippen molar-refractivity contribution in [1.29, 1.82) is 0 Å². The summed E-state index contributed by atoms with van der Waals surface area (Å²) in [5.41, 5.74) is -0.166. The molecule has 1 spiro atoms. The number of ether oxygens (including phenoxy) is 2. The fraction of sp³-hybridized carbons (Fsp3) is 0.889. The van der Waals surface area contributed by atoms with E-state index in [0.717, 1.165) is 64.6 Å². The topological polar surface area (TPSA) is 84.9 Å². The zero-order valence-corrected chi connectivity index (χ0v) is 20.9. The number of methoxy groups -OCH3 is 1. The molecule has 6 rings (SSSR count). The summed E-state index contributed by atoms with van der Waals surface area (Å²) < 4.78 is 12.2. The molecule has 2 heterocycles. The molecule has 0 aromatic rings. The third-order valence-electron chi connectivity index (χ3n) is 11.4. The lowest BCUT2D eigenvalue weighted by molar-refractivity contribution is -0.152. The van der Waals surface area contributed by atoms with Crippen LogP contribution in [0, 0.1) is 46.3 Å². The summed E-state index contributed by atoms with van der Waals surface area (Å²) >= 11 is 0. The van der Waals surface area contributed by atoms with Crippen LogP contribution in [-0.4, -0.2) is 61.6 Å². The average Bonchev–Trinajstić information content (AvgIpc) is 3.14. The predicted octanol–water partition coefficient (Wildman–Crippen LogP) is 3.41. The zero-order valence-electron chi connectivity index (χ0n) is 20.9. The first-order valence-electron chi connectivity index (χ1n) is 13.6. The van der Waals surface area contributed by atoms with E-state index < -0.39 is 6.09 Å². The summed E-state index contributed by atoms with van der Waals surface area (Å²) in [6.45, 7) is 6.98. The lowest BCUT2D eigenvalue weighted by atomic mass is 9.52. The third-order valence-corrected chi connectivity index (χ3v) is 11.4. The highest BCUT2D eigenvalue weighted by Crippen LogP contribution is 2.77. The molecule has 2 aliphatic heterocycles. The first-order valence-corrected chi connectivity index (χ1v) is 13.6. The van der Waals surface area contributed by atoms with Crippen LogP contribution in [0.25, 0.3) is 0 Å². The highest BCUT2D eigenvalue weighted by atomic mass is 16.6. The maximum atomic E-state index is 13.7. The molecule has 7 heteroatoms. The monoisotopic (exact) mass is 472 g/mol. The molecule has 6 fully saturated rings. The van der Waals surface area contributed by atoms with Gasteiger partial charge >= 0.3 is 6.09 Å². The summed E-state index contributed by atoms with van der Waals surface area (Å²) in [4.78, 5) is 42.0. The van der Waals surface area contributed by atoms with Gasteiger partial charge in [-0.3, -0.25) is 14.9 Å². The number of rotatable bonds is 4. The van der Waals surface area contributed by atoms with Gasteiger partial charge in [0.2, 0.25) is 5.91 Å². The molecule has 188 valence electrons. The lowest BCUT2D eigenvalue weighted by Crippen LogP contribution is -2.56. The molecule has 2 amide bonds. The molecular formula is C27H40N2O5. The Labute approximate surface area is 202 Å². The first kappa shape index (κ1) is 23.0. The van der Waals surface area contributed by atoms with Gasteiger partial charge < -0.3 is 14.4 Å².